The Balaban J connectivity index is 2.30. The lowest BCUT2D eigenvalue weighted by molar-refractivity contribution is 0.364. The molecule has 1 unspecified atom stereocenters. The van der Waals surface area contributed by atoms with Crippen molar-refractivity contribution in [2.24, 2.45) is 0 Å². The topological polar surface area (TPSA) is 86.2 Å². The van der Waals surface area contributed by atoms with E-state index in [1.54, 1.807) is 6.92 Å². The van der Waals surface area contributed by atoms with Crippen molar-refractivity contribution in [2.45, 2.75) is 19.3 Å². The van der Waals surface area contributed by atoms with Gasteiger partial charge in [-0.05, 0) is 13.3 Å². The average Bonchev–Trinajstić information content (AvgIpc) is 2.59. The van der Waals surface area contributed by atoms with E-state index >= 15 is 0 Å². The summed E-state index contributed by atoms with van der Waals surface area (Å²) in [6, 6.07) is 0. The summed E-state index contributed by atoms with van der Waals surface area (Å²) in [5, 5.41) is 3.71. The van der Waals surface area contributed by atoms with E-state index in [4.69, 9.17) is 10.3 Å². The Labute approximate surface area is 82.2 Å². The van der Waals surface area contributed by atoms with Crippen molar-refractivity contribution in [3.8, 4) is 0 Å². The quantitative estimate of drug-likeness (QED) is 0.737. The molecule has 78 valence electrons. The second-order valence-electron chi connectivity index (χ2n) is 3.65. The van der Waals surface area contributed by atoms with Crippen LogP contribution in [0.4, 0.5) is 5.69 Å². The molecule has 0 bridgehead atoms. The van der Waals surface area contributed by atoms with Crippen molar-refractivity contribution in [1.29, 1.82) is 0 Å². The molecule has 1 aliphatic heterocycles. The highest BCUT2D eigenvalue weighted by molar-refractivity contribution is 7.91. The van der Waals surface area contributed by atoms with Crippen LogP contribution in [0.25, 0.3) is 0 Å². The molecule has 2 rings (SSSR count). The van der Waals surface area contributed by atoms with Crippen LogP contribution in [-0.2, 0) is 9.84 Å². The molecule has 6 heteroatoms. The molecule has 2 N–H and O–H groups in total. The lowest BCUT2D eigenvalue weighted by Gasteiger charge is -2.02. The summed E-state index contributed by atoms with van der Waals surface area (Å²) < 4.78 is 27.5. The Morgan fingerprint density at radius 3 is 2.71 bits per heavy atom. The Hall–Kier alpha value is -1.04. The van der Waals surface area contributed by atoms with E-state index in [2.05, 4.69) is 5.16 Å². The fourth-order valence-corrected chi connectivity index (χ4v) is 3.43. The fourth-order valence-electron chi connectivity index (χ4n) is 1.69. The van der Waals surface area contributed by atoms with Crippen LogP contribution < -0.4 is 5.73 Å². The first kappa shape index (κ1) is 9.51. The summed E-state index contributed by atoms with van der Waals surface area (Å²) >= 11 is 0. The van der Waals surface area contributed by atoms with Gasteiger partial charge in [0.1, 0.15) is 5.69 Å². The molecular formula is C8H12N2O3S. The van der Waals surface area contributed by atoms with Gasteiger partial charge in [-0.15, -0.1) is 0 Å². The second kappa shape index (κ2) is 2.98. The Morgan fingerprint density at radius 1 is 1.57 bits per heavy atom. The lowest BCUT2D eigenvalue weighted by atomic mass is 10.0. The Bertz CT molecular complexity index is 449. The van der Waals surface area contributed by atoms with Crippen LogP contribution in [0.2, 0.25) is 0 Å². The minimum Gasteiger partial charge on any atom is -0.394 e. The maximum absolute atomic E-state index is 11.2. The van der Waals surface area contributed by atoms with Gasteiger partial charge in [-0.2, -0.15) is 0 Å². The number of aromatic nitrogens is 1. The molecule has 14 heavy (non-hydrogen) atoms. The van der Waals surface area contributed by atoms with E-state index in [-0.39, 0.29) is 17.4 Å². The smallest absolute Gasteiger partial charge is 0.163 e. The zero-order chi connectivity index (χ0) is 10.3. The predicted octanol–water partition coefficient (Wildman–Crippen LogP) is 0.467. The van der Waals surface area contributed by atoms with Crippen molar-refractivity contribution in [2.75, 3.05) is 17.2 Å². The second-order valence-corrected chi connectivity index (χ2v) is 5.87. The molecule has 1 saturated heterocycles. The van der Waals surface area contributed by atoms with Gasteiger partial charge in [-0.3, -0.25) is 0 Å². The molecule has 0 saturated carbocycles. The molecule has 0 aliphatic carbocycles. The number of nitrogens with zero attached hydrogens (tertiary/aromatic N) is 1. The third-order valence-corrected chi connectivity index (χ3v) is 4.31. The number of nitrogen functional groups attached to an aromatic ring is 1. The highest BCUT2D eigenvalue weighted by Gasteiger charge is 2.33. The highest BCUT2D eigenvalue weighted by Crippen LogP contribution is 2.33. The predicted molar refractivity (Wildman–Crippen MR) is 51.7 cm³/mol. The summed E-state index contributed by atoms with van der Waals surface area (Å²) in [7, 11) is -2.89. The third-order valence-electron chi connectivity index (χ3n) is 2.54. The molecule has 0 aromatic carbocycles. The molecule has 1 aromatic rings. The molecule has 0 spiro atoms. The molecule has 1 aliphatic rings. The van der Waals surface area contributed by atoms with Crippen LogP contribution in [0.15, 0.2) is 4.52 Å². The monoisotopic (exact) mass is 216 g/mol. The zero-order valence-electron chi connectivity index (χ0n) is 7.86. The number of rotatable bonds is 1. The number of nitrogens with two attached hydrogens (primary N) is 1. The van der Waals surface area contributed by atoms with Crippen LogP contribution in [0, 0.1) is 6.92 Å². The normalized spacial score (nSPS) is 25.4. The van der Waals surface area contributed by atoms with Gasteiger partial charge < -0.3 is 10.3 Å². The van der Waals surface area contributed by atoms with Crippen LogP contribution in [0.5, 0.6) is 0 Å². The number of aryl methyl sites for hydroxylation is 1. The molecule has 0 amide bonds. The molecule has 1 aromatic heterocycles. The molecular weight excluding hydrogens is 204 g/mol. The van der Waals surface area contributed by atoms with Gasteiger partial charge in [0, 0.05) is 5.92 Å². The van der Waals surface area contributed by atoms with Gasteiger partial charge in [0.15, 0.2) is 15.6 Å². The number of hydrogen-bond donors (Lipinski definition) is 1. The highest BCUT2D eigenvalue weighted by atomic mass is 32.2. The maximum atomic E-state index is 11.2. The van der Waals surface area contributed by atoms with E-state index in [1.807, 2.05) is 0 Å². The van der Waals surface area contributed by atoms with Gasteiger partial charge >= 0.3 is 0 Å². The summed E-state index contributed by atoms with van der Waals surface area (Å²) in [4.78, 5) is 0. The minimum atomic E-state index is -2.89. The largest absolute Gasteiger partial charge is 0.394 e. The van der Waals surface area contributed by atoms with Gasteiger partial charge in [0.05, 0.1) is 17.2 Å². The Morgan fingerprint density at radius 2 is 2.29 bits per heavy atom. The van der Waals surface area contributed by atoms with Crippen molar-refractivity contribution < 1.29 is 12.9 Å². The van der Waals surface area contributed by atoms with Crippen molar-refractivity contribution in [3.05, 3.63) is 11.5 Å². The first-order valence-electron chi connectivity index (χ1n) is 4.41. The van der Waals surface area contributed by atoms with Gasteiger partial charge in [-0.25, -0.2) is 8.42 Å². The van der Waals surface area contributed by atoms with E-state index in [1.165, 1.54) is 0 Å². The Kier molecular flexibility index (Phi) is 2.02. The summed E-state index contributed by atoms with van der Waals surface area (Å²) in [5.41, 5.74) is 6.84. The molecule has 1 atom stereocenters. The van der Waals surface area contributed by atoms with Gasteiger partial charge in [0.25, 0.3) is 0 Å². The van der Waals surface area contributed by atoms with Crippen LogP contribution >= 0.6 is 0 Å². The molecule has 1 fully saturated rings. The van der Waals surface area contributed by atoms with E-state index in [0.717, 1.165) is 0 Å². The molecule has 0 radical (unpaired) electrons. The van der Waals surface area contributed by atoms with Crippen molar-refractivity contribution >= 4 is 15.5 Å². The molecule has 5 nitrogen and oxygen atoms in total. The number of anilines is 1. The van der Waals surface area contributed by atoms with Gasteiger partial charge in [0.2, 0.25) is 0 Å². The van der Waals surface area contributed by atoms with Gasteiger partial charge in [-0.1, -0.05) is 5.16 Å². The SMILES string of the molecule is Cc1noc(C2CCS(=O)(=O)C2)c1N. The standard InChI is InChI=1S/C8H12N2O3S/c1-5-7(9)8(13-10-5)6-2-3-14(11,12)4-6/h6H,2-4,9H2,1H3. The zero-order valence-corrected chi connectivity index (χ0v) is 8.67. The average molecular weight is 216 g/mol. The first-order valence-corrected chi connectivity index (χ1v) is 6.24. The number of sulfone groups is 1. The van der Waals surface area contributed by atoms with Crippen LogP contribution in [0.3, 0.4) is 0 Å². The first-order chi connectivity index (χ1) is 6.49. The fraction of sp³-hybridized carbons (Fsp3) is 0.625. The van der Waals surface area contributed by atoms with E-state index in [9.17, 15) is 8.42 Å². The van der Waals surface area contributed by atoms with E-state index < -0.39 is 9.84 Å². The summed E-state index contributed by atoms with van der Waals surface area (Å²) in [5.74, 6) is 0.771. The van der Waals surface area contributed by atoms with Crippen LogP contribution in [-0.4, -0.2) is 25.1 Å². The third kappa shape index (κ3) is 1.50. The minimum absolute atomic E-state index is 0.110. The summed E-state index contributed by atoms with van der Waals surface area (Å²) in [6.07, 6.45) is 0.584. The van der Waals surface area contributed by atoms with E-state index in [0.29, 0.717) is 23.6 Å². The summed E-state index contributed by atoms with van der Waals surface area (Å²) in [6.45, 7) is 1.74. The molecule has 2 heterocycles. The van der Waals surface area contributed by atoms with Crippen molar-refractivity contribution in [3.63, 3.8) is 0 Å². The maximum Gasteiger partial charge on any atom is 0.163 e. The number of hydrogen-bond acceptors (Lipinski definition) is 5. The lowest BCUT2D eigenvalue weighted by Crippen LogP contribution is -2.04. The van der Waals surface area contributed by atoms with Crippen LogP contribution in [0.1, 0.15) is 23.8 Å². The van der Waals surface area contributed by atoms with Crippen molar-refractivity contribution in [1.82, 2.24) is 5.16 Å².